The summed E-state index contributed by atoms with van der Waals surface area (Å²) in [6, 6.07) is 9.67. The Kier molecular flexibility index (Phi) is 5.20. The zero-order chi connectivity index (χ0) is 17.2. The van der Waals surface area contributed by atoms with Crippen LogP contribution in [0.15, 0.2) is 30.3 Å². The summed E-state index contributed by atoms with van der Waals surface area (Å²) < 4.78 is 22.6. The van der Waals surface area contributed by atoms with E-state index in [1.807, 2.05) is 30.3 Å². The van der Waals surface area contributed by atoms with Gasteiger partial charge in [0.25, 0.3) is 0 Å². The molecule has 0 bridgehead atoms. The normalized spacial score (nSPS) is 36.0. The van der Waals surface area contributed by atoms with Crippen molar-refractivity contribution in [2.75, 3.05) is 13.2 Å². The highest BCUT2D eigenvalue weighted by atomic mass is 16.7. The van der Waals surface area contributed by atoms with Gasteiger partial charge in [0.15, 0.2) is 6.29 Å². The number of ether oxygens (including phenoxy) is 4. The van der Waals surface area contributed by atoms with Gasteiger partial charge in [-0.05, 0) is 13.8 Å². The van der Waals surface area contributed by atoms with Crippen molar-refractivity contribution in [1.82, 2.24) is 0 Å². The molecule has 1 aromatic rings. The van der Waals surface area contributed by atoms with Crippen LogP contribution < -0.4 is 0 Å². The smallest absolute Gasteiger partial charge is 0.308 e. The second-order valence-corrected chi connectivity index (χ2v) is 6.48. The molecule has 1 aromatic carbocycles. The van der Waals surface area contributed by atoms with Crippen LogP contribution in [-0.2, 0) is 23.7 Å². The fourth-order valence-corrected chi connectivity index (χ4v) is 3.20. The summed E-state index contributed by atoms with van der Waals surface area (Å²) in [5, 5.41) is 10.7. The maximum absolute atomic E-state index is 11.7. The molecule has 2 aliphatic rings. The minimum absolute atomic E-state index is 0.0200. The number of benzene rings is 1. The van der Waals surface area contributed by atoms with E-state index in [4.69, 9.17) is 18.9 Å². The minimum Gasteiger partial charge on any atom is -0.466 e. The van der Waals surface area contributed by atoms with E-state index >= 15 is 0 Å². The van der Waals surface area contributed by atoms with Crippen molar-refractivity contribution in [2.45, 2.75) is 56.9 Å². The number of fused-ring (bicyclic) bond motifs is 1. The SMILES string of the molecule is CCOC(=O)C[C@@H]1O[C@@H]2CO[C@@H](c3ccccc3)O[C@H]2C[C@@]1(C)O. The Morgan fingerprint density at radius 2 is 2.04 bits per heavy atom. The van der Waals surface area contributed by atoms with Gasteiger partial charge in [-0.15, -0.1) is 0 Å². The largest absolute Gasteiger partial charge is 0.466 e. The molecule has 0 aromatic heterocycles. The van der Waals surface area contributed by atoms with E-state index in [1.54, 1.807) is 13.8 Å². The quantitative estimate of drug-likeness (QED) is 0.847. The maximum Gasteiger partial charge on any atom is 0.308 e. The van der Waals surface area contributed by atoms with Crippen molar-refractivity contribution in [3.63, 3.8) is 0 Å². The van der Waals surface area contributed by atoms with Crippen LogP contribution in [0.3, 0.4) is 0 Å². The summed E-state index contributed by atoms with van der Waals surface area (Å²) in [5.74, 6) is -0.374. The monoisotopic (exact) mass is 336 g/mol. The zero-order valence-electron chi connectivity index (χ0n) is 14.0. The Balaban J connectivity index is 1.65. The Morgan fingerprint density at radius 3 is 2.75 bits per heavy atom. The molecule has 0 spiro atoms. The molecule has 0 aliphatic carbocycles. The molecule has 2 aliphatic heterocycles. The first kappa shape index (κ1) is 17.4. The predicted octanol–water partition coefficient (Wildman–Crippen LogP) is 1.96. The van der Waals surface area contributed by atoms with Crippen molar-refractivity contribution < 1.29 is 28.8 Å². The molecule has 24 heavy (non-hydrogen) atoms. The fourth-order valence-electron chi connectivity index (χ4n) is 3.20. The third kappa shape index (κ3) is 3.78. The van der Waals surface area contributed by atoms with Gasteiger partial charge in [-0.3, -0.25) is 4.79 Å². The summed E-state index contributed by atoms with van der Waals surface area (Å²) in [4.78, 5) is 11.7. The molecule has 0 unspecified atom stereocenters. The van der Waals surface area contributed by atoms with E-state index in [0.717, 1.165) is 5.56 Å². The summed E-state index contributed by atoms with van der Waals surface area (Å²) in [5.41, 5.74) is -0.226. The number of carbonyl (C=O) groups is 1. The summed E-state index contributed by atoms with van der Waals surface area (Å²) >= 11 is 0. The first-order valence-electron chi connectivity index (χ1n) is 8.35. The van der Waals surface area contributed by atoms with Gasteiger partial charge < -0.3 is 24.1 Å². The first-order chi connectivity index (χ1) is 11.5. The van der Waals surface area contributed by atoms with Gasteiger partial charge in [-0.25, -0.2) is 0 Å². The van der Waals surface area contributed by atoms with Crippen molar-refractivity contribution in [1.29, 1.82) is 0 Å². The maximum atomic E-state index is 11.7. The van der Waals surface area contributed by atoms with E-state index in [9.17, 15) is 9.90 Å². The van der Waals surface area contributed by atoms with Gasteiger partial charge in [0.1, 0.15) is 6.10 Å². The Labute approximate surface area is 141 Å². The Morgan fingerprint density at radius 1 is 1.29 bits per heavy atom. The van der Waals surface area contributed by atoms with E-state index in [2.05, 4.69) is 0 Å². The van der Waals surface area contributed by atoms with Gasteiger partial charge in [0.2, 0.25) is 0 Å². The average Bonchev–Trinajstić information content (AvgIpc) is 2.56. The highest BCUT2D eigenvalue weighted by Crippen LogP contribution is 2.38. The van der Waals surface area contributed by atoms with E-state index in [0.29, 0.717) is 19.6 Å². The van der Waals surface area contributed by atoms with Crippen LogP contribution in [0.2, 0.25) is 0 Å². The number of hydrogen-bond donors (Lipinski definition) is 1. The topological polar surface area (TPSA) is 74.2 Å². The molecule has 2 heterocycles. The lowest BCUT2D eigenvalue weighted by Gasteiger charge is -2.48. The summed E-state index contributed by atoms with van der Waals surface area (Å²) in [6.07, 6.45) is -1.27. The molecule has 6 nitrogen and oxygen atoms in total. The molecule has 132 valence electrons. The van der Waals surface area contributed by atoms with Crippen LogP contribution in [0.5, 0.6) is 0 Å². The van der Waals surface area contributed by atoms with E-state index in [-0.39, 0.29) is 24.6 Å². The lowest BCUT2D eigenvalue weighted by atomic mass is 9.85. The second-order valence-electron chi connectivity index (χ2n) is 6.48. The van der Waals surface area contributed by atoms with Crippen LogP contribution in [0, 0.1) is 0 Å². The molecular formula is C18H24O6. The molecule has 0 saturated carbocycles. The average molecular weight is 336 g/mol. The van der Waals surface area contributed by atoms with Crippen LogP contribution in [-0.4, -0.2) is 48.2 Å². The molecule has 1 N–H and O–H groups in total. The van der Waals surface area contributed by atoms with Gasteiger partial charge in [-0.2, -0.15) is 0 Å². The van der Waals surface area contributed by atoms with Gasteiger partial charge in [0.05, 0.1) is 37.4 Å². The molecule has 5 atom stereocenters. The van der Waals surface area contributed by atoms with Crippen molar-refractivity contribution >= 4 is 5.97 Å². The van der Waals surface area contributed by atoms with Crippen LogP contribution in [0.25, 0.3) is 0 Å². The lowest BCUT2D eigenvalue weighted by Crippen LogP contribution is -2.58. The molecule has 2 fully saturated rings. The summed E-state index contributed by atoms with van der Waals surface area (Å²) in [7, 11) is 0. The molecule has 0 amide bonds. The standard InChI is InChI=1S/C18H24O6/c1-3-21-16(19)9-15-18(2,20)10-13-14(23-15)11-22-17(24-13)12-7-5-4-6-8-12/h4-8,13-15,17,20H,3,9-11H2,1-2H3/t13-,14+,15-,17+,18+/m0/s1. The zero-order valence-corrected chi connectivity index (χ0v) is 14.0. The molecule has 2 saturated heterocycles. The Hall–Kier alpha value is -1.47. The molecule has 3 rings (SSSR count). The van der Waals surface area contributed by atoms with Crippen LogP contribution >= 0.6 is 0 Å². The third-order valence-corrected chi connectivity index (χ3v) is 4.50. The van der Waals surface area contributed by atoms with Gasteiger partial charge in [0, 0.05) is 12.0 Å². The highest BCUT2D eigenvalue weighted by Gasteiger charge is 2.49. The van der Waals surface area contributed by atoms with Crippen LogP contribution in [0.4, 0.5) is 0 Å². The minimum atomic E-state index is -1.16. The third-order valence-electron chi connectivity index (χ3n) is 4.50. The predicted molar refractivity (Wildman–Crippen MR) is 85.2 cm³/mol. The summed E-state index contributed by atoms with van der Waals surface area (Å²) in [6.45, 7) is 4.09. The second kappa shape index (κ2) is 7.19. The number of aliphatic hydroxyl groups is 1. The Bertz CT molecular complexity index is 558. The van der Waals surface area contributed by atoms with Gasteiger partial charge in [-0.1, -0.05) is 30.3 Å². The van der Waals surface area contributed by atoms with Crippen LogP contribution in [0.1, 0.15) is 38.5 Å². The number of carbonyl (C=O) groups excluding carboxylic acids is 1. The number of rotatable bonds is 4. The first-order valence-corrected chi connectivity index (χ1v) is 8.35. The highest BCUT2D eigenvalue weighted by molar-refractivity contribution is 5.70. The van der Waals surface area contributed by atoms with Crippen molar-refractivity contribution in [3.8, 4) is 0 Å². The number of hydrogen-bond acceptors (Lipinski definition) is 6. The lowest BCUT2D eigenvalue weighted by molar-refractivity contribution is -0.316. The molecule has 0 radical (unpaired) electrons. The number of esters is 1. The molecule has 6 heteroatoms. The van der Waals surface area contributed by atoms with E-state index < -0.39 is 18.0 Å². The van der Waals surface area contributed by atoms with Crippen molar-refractivity contribution in [3.05, 3.63) is 35.9 Å². The van der Waals surface area contributed by atoms with Crippen molar-refractivity contribution in [2.24, 2.45) is 0 Å². The molecular weight excluding hydrogens is 312 g/mol. The van der Waals surface area contributed by atoms with Gasteiger partial charge >= 0.3 is 5.97 Å². The fraction of sp³-hybridized carbons (Fsp3) is 0.611. The van der Waals surface area contributed by atoms with E-state index in [1.165, 1.54) is 0 Å².